The van der Waals surface area contributed by atoms with E-state index < -0.39 is 0 Å². The van der Waals surface area contributed by atoms with Gasteiger partial charge in [0, 0.05) is 18.8 Å². The van der Waals surface area contributed by atoms with Crippen LogP contribution in [0.1, 0.15) is 25.3 Å². The van der Waals surface area contributed by atoms with Gasteiger partial charge >= 0.3 is 0 Å². The number of benzene rings is 1. The first-order chi connectivity index (χ1) is 8.75. The highest BCUT2D eigenvalue weighted by Crippen LogP contribution is 2.18. The molecule has 2 nitrogen and oxygen atoms in total. The molecule has 1 aliphatic heterocycles. The van der Waals surface area contributed by atoms with Crippen LogP contribution >= 0.6 is 11.8 Å². The topological polar surface area (TPSA) is 20.3 Å². The van der Waals surface area contributed by atoms with E-state index in [0.29, 0.717) is 17.6 Å². The summed E-state index contributed by atoms with van der Waals surface area (Å²) >= 11 is 1.72. The lowest BCUT2D eigenvalue weighted by molar-refractivity contribution is -0.130. The molecule has 3 heteroatoms. The van der Waals surface area contributed by atoms with Gasteiger partial charge in [0.1, 0.15) is 0 Å². The fourth-order valence-corrected chi connectivity index (χ4v) is 3.23. The van der Waals surface area contributed by atoms with E-state index in [1.54, 1.807) is 11.8 Å². The molecule has 1 saturated heterocycles. The van der Waals surface area contributed by atoms with Crippen molar-refractivity contribution in [3.63, 3.8) is 0 Å². The van der Waals surface area contributed by atoms with Gasteiger partial charge in [0.2, 0.25) is 5.91 Å². The molecule has 1 unspecified atom stereocenters. The van der Waals surface area contributed by atoms with Crippen LogP contribution in [0, 0.1) is 5.92 Å². The van der Waals surface area contributed by atoms with Crippen LogP contribution in [-0.4, -0.2) is 29.6 Å². The summed E-state index contributed by atoms with van der Waals surface area (Å²) in [7, 11) is 0. The zero-order chi connectivity index (χ0) is 12.8. The van der Waals surface area contributed by atoms with E-state index in [2.05, 4.69) is 19.1 Å². The van der Waals surface area contributed by atoms with Gasteiger partial charge in [-0.1, -0.05) is 37.3 Å². The zero-order valence-corrected chi connectivity index (χ0v) is 11.8. The number of thioether (sulfide) groups is 1. The molecule has 0 aromatic heterocycles. The van der Waals surface area contributed by atoms with E-state index in [4.69, 9.17) is 0 Å². The lowest BCUT2D eigenvalue weighted by Gasteiger charge is -2.30. The summed E-state index contributed by atoms with van der Waals surface area (Å²) in [5, 5.41) is 0. The van der Waals surface area contributed by atoms with Gasteiger partial charge < -0.3 is 4.90 Å². The SMILES string of the molecule is CC1CCCN(C(=O)CSCc2ccccc2)C1. The van der Waals surface area contributed by atoms with Crippen LogP contribution in [0.3, 0.4) is 0 Å². The zero-order valence-electron chi connectivity index (χ0n) is 11.0. The second kappa shape index (κ2) is 6.83. The molecule has 0 radical (unpaired) electrons. The molecule has 0 N–H and O–H groups in total. The third-order valence-corrected chi connectivity index (χ3v) is 4.34. The van der Waals surface area contributed by atoms with Gasteiger partial charge in [0.05, 0.1) is 5.75 Å². The highest BCUT2D eigenvalue weighted by molar-refractivity contribution is 7.99. The Morgan fingerprint density at radius 2 is 2.17 bits per heavy atom. The molecular formula is C15H21NOS. The number of hydrogen-bond donors (Lipinski definition) is 0. The maximum absolute atomic E-state index is 12.0. The van der Waals surface area contributed by atoms with Crippen molar-refractivity contribution >= 4 is 17.7 Å². The first kappa shape index (κ1) is 13.5. The Hall–Kier alpha value is -0.960. The number of carbonyl (C=O) groups is 1. The van der Waals surface area contributed by atoms with Gasteiger partial charge in [-0.3, -0.25) is 4.79 Å². The lowest BCUT2D eigenvalue weighted by atomic mass is 10.0. The Balaban J connectivity index is 1.71. The van der Waals surface area contributed by atoms with Crippen LogP contribution in [0.2, 0.25) is 0 Å². The Morgan fingerprint density at radius 3 is 2.89 bits per heavy atom. The van der Waals surface area contributed by atoms with Crippen molar-refractivity contribution in [1.29, 1.82) is 0 Å². The maximum Gasteiger partial charge on any atom is 0.232 e. The van der Waals surface area contributed by atoms with Crippen LogP contribution in [0.15, 0.2) is 30.3 Å². The first-order valence-corrected chi connectivity index (χ1v) is 7.80. The minimum absolute atomic E-state index is 0.308. The maximum atomic E-state index is 12.0. The number of carbonyl (C=O) groups excluding carboxylic acids is 1. The number of likely N-dealkylation sites (tertiary alicyclic amines) is 1. The first-order valence-electron chi connectivity index (χ1n) is 6.65. The molecule has 0 spiro atoms. The Kier molecular flexibility index (Phi) is 5.12. The Bertz CT molecular complexity index is 379. The highest BCUT2D eigenvalue weighted by Gasteiger charge is 2.20. The van der Waals surface area contributed by atoms with Gasteiger partial charge in [-0.15, -0.1) is 11.8 Å². The highest BCUT2D eigenvalue weighted by atomic mass is 32.2. The van der Waals surface area contributed by atoms with E-state index in [1.807, 2.05) is 23.1 Å². The predicted molar refractivity (Wildman–Crippen MR) is 77.6 cm³/mol. The molecule has 18 heavy (non-hydrogen) atoms. The van der Waals surface area contributed by atoms with Gasteiger partial charge in [0.15, 0.2) is 0 Å². The molecule has 2 rings (SSSR count). The van der Waals surface area contributed by atoms with Crippen molar-refractivity contribution < 1.29 is 4.79 Å². The summed E-state index contributed by atoms with van der Waals surface area (Å²) in [6, 6.07) is 10.3. The summed E-state index contributed by atoms with van der Waals surface area (Å²) in [5.74, 6) is 2.52. The van der Waals surface area contributed by atoms with E-state index >= 15 is 0 Å². The lowest BCUT2D eigenvalue weighted by Crippen LogP contribution is -2.40. The van der Waals surface area contributed by atoms with Crippen molar-refractivity contribution in [2.24, 2.45) is 5.92 Å². The van der Waals surface area contributed by atoms with Crippen LogP contribution in [-0.2, 0) is 10.5 Å². The summed E-state index contributed by atoms with van der Waals surface area (Å²) in [5.41, 5.74) is 1.29. The number of hydrogen-bond acceptors (Lipinski definition) is 2. The fraction of sp³-hybridized carbons (Fsp3) is 0.533. The van der Waals surface area contributed by atoms with Gasteiger partial charge in [-0.2, -0.15) is 0 Å². The van der Waals surface area contributed by atoms with Crippen molar-refractivity contribution in [3.05, 3.63) is 35.9 Å². The third-order valence-electron chi connectivity index (χ3n) is 3.35. The molecular weight excluding hydrogens is 242 g/mol. The molecule has 1 fully saturated rings. The van der Waals surface area contributed by atoms with E-state index in [0.717, 1.165) is 25.3 Å². The number of rotatable bonds is 4. The standard InChI is InChI=1S/C15H21NOS/c1-13-6-5-9-16(10-13)15(17)12-18-11-14-7-3-2-4-8-14/h2-4,7-8,13H,5-6,9-12H2,1H3. The van der Waals surface area contributed by atoms with E-state index in [-0.39, 0.29) is 0 Å². The second-order valence-corrected chi connectivity index (χ2v) is 6.05. The van der Waals surface area contributed by atoms with E-state index in [1.165, 1.54) is 12.0 Å². The molecule has 1 heterocycles. The quantitative estimate of drug-likeness (QED) is 0.831. The Morgan fingerprint density at radius 1 is 1.39 bits per heavy atom. The number of piperidine rings is 1. The van der Waals surface area contributed by atoms with Crippen LogP contribution in [0.4, 0.5) is 0 Å². The van der Waals surface area contributed by atoms with Crippen LogP contribution in [0.5, 0.6) is 0 Å². The van der Waals surface area contributed by atoms with Gasteiger partial charge in [-0.05, 0) is 24.3 Å². The number of nitrogens with zero attached hydrogens (tertiary/aromatic N) is 1. The molecule has 98 valence electrons. The smallest absolute Gasteiger partial charge is 0.232 e. The molecule has 0 bridgehead atoms. The van der Waals surface area contributed by atoms with Crippen molar-refractivity contribution in [2.45, 2.75) is 25.5 Å². The van der Waals surface area contributed by atoms with Crippen molar-refractivity contribution in [2.75, 3.05) is 18.8 Å². The van der Waals surface area contributed by atoms with Crippen LogP contribution in [0.25, 0.3) is 0 Å². The Labute approximate surface area is 114 Å². The van der Waals surface area contributed by atoms with Gasteiger partial charge in [-0.25, -0.2) is 0 Å². The molecule has 1 atom stereocenters. The molecule has 1 aliphatic rings. The van der Waals surface area contributed by atoms with Crippen molar-refractivity contribution in [1.82, 2.24) is 4.90 Å². The molecule has 1 amide bonds. The minimum Gasteiger partial charge on any atom is -0.342 e. The van der Waals surface area contributed by atoms with Crippen LogP contribution < -0.4 is 0 Å². The average Bonchev–Trinajstić information content (AvgIpc) is 2.40. The largest absolute Gasteiger partial charge is 0.342 e. The molecule has 1 aromatic carbocycles. The summed E-state index contributed by atoms with van der Waals surface area (Å²) in [6.45, 7) is 4.14. The second-order valence-electron chi connectivity index (χ2n) is 5.07. The minimum atomic E-state index is 0.308. The third kappa shape index (κ3) is 4.05. The predicted octanol–water partition coefficient (Wildman–Crippen LogP) is 3.18. The average molecular weight is 263 g/mol. The molecule has 0 saturated carbocycles. The molecule has 1 aromatic rings. The normalized spacial score (nSPS) is 19.8. The number of amides is 1. The summed E-state index contributed by atoms with van der Waals surface area (Å²) in [6.07, 6.45) is 2.43. The van der Waals surface area contributed by atoms with E-state index in [9.17, 15) is 4.79 Å². The monoisotopic (exact) mass is 263 g/mol. The van der Waals surface area contributed by atoms with Gasteiger partial charge in [0.25, 0.3) is 0 Å². The van der Waals surface area contributed by atoms with Crippen molar-refractivity contribution in [3.8, 4) is 0 Å². The molecule has 0 aliphatic carbocycles. The fourth-order valence-electron chi connectivity index (χ4n) is 2.34. The summed E-state index contributed by atoms with van der Waals surface area (Å²) < 4.78 is 0. The summed E-state index contributed by atoms with van der Waals surface area (Å²) in [4.78, 5) is 14.1.